The highest BCUT2D eigenvalue weighted by molar-refractivity contribution is 9.10. The summed E-state index contributed by atoms with van der Waals surface area (Å²) in [6.45, 7) is 0. The molecule has 0 unspecified atom stereocenters. The van der Waals surface area contributed by atoms with Crippen molar-refractivity contribution in [3.63, 3.8) is 0 Å². The average Bonchev–Trinajstić information content (AvgIpc) is 2.70. The first-order valence-electron chi connectivity index (χ1n) is 8.61. The highest BCUT2D eigenvalue weighted by atomic mass is 79.9. The maximum Gasteiger partial charge on any atom is 0.274 e. The fourth-order valence-corrected chi connectivity index (χ4v) is 3.67. The molecule has 0 atom stereocenters. The zero-order valence-corrected chi connectivity index (χ0v) is 16.3. The molecule has 0 bridgehead atoms. The van der Waals surface area contributed by atoms with Crippen LogP contribution in [0.5, 0.6) is 0 Å². The van der Waals surface area contributed by atoms with E-state index in [1.165, 1.54) is 4.68 Å². The molecule has 132 valence electrons. The van der Waals surface area contributed by atoms with Gasteiger partial charge in [0.05, 0.1) is 11.6 Å². The van der Waals surface area contributed by atoms with Crippen LogP contribution in [-0.2, 0) is 7.05 Å². The van der Waals surface area contributed by atoms with Gasteiger partial charge in [0.15, 0.2) is 0 Å². The lowest BCUT2D eigenvalue weighted by molar-refractivity contribution is 0.718. The molecule has 0 saturated carbocycles. The first kappa shape index (κ1) is 17.4. The summed E-state index contributed by atoms with van der Waals surface area (Å²) in [5, 5.41) is 5.65. The van der Waals surface area contributed by atoms with Crippen molar-refractivity contribution in [2.24, 2.45) is 7.05 Å². The number of benzene rings is 3. The third-order valence-electron chi connectivity index (χ3n) is 4.50. The van der Waals surface area contributed by atoms with Gasteiger partial charge < -0.3 is 0 Å². The van der Waals surface area contributed by atoms with Gasteiger partial charge >= 0.3 is 0 Å². The number of hydrogen-bond acceptors (Lipinski definition) is 2. The van der Waals surface area contributed by atoms with Gasteiger partial charge in [-0.3, -0.25) is 4.79 Å². The number of halogens is 1. The van der Waals surface area contributed by atoms with Crippen LogP contribution in [0.25, 0.3) is 22.4 Å². The standard InChI is InChI=1S/C23H17BrN2O/c1-26-23(27)22-18(15-25-26)13-19(24)14-21(22)20(17-10-6-3-7-11-17)12-16-8-4-2-5-9-16/h2-15H,1H3/b20-12+. The van der Waals surface area contributed by atoms with Gasteiger partial charge in [-0.15, -0.1) is 0 Å². The fourth-order valence-electron chi connectivity index (χ4n) is 3.19. The average molecular weight is 417 g/mol. The van der Waals surface area contributed by atoms with E-state index in [9.17, 15) is 4.79 Å². The fraction of sp³-hybridized carbons (Fsp3) is 0.0435. The van der Waals surface area contributed by atoms with Gasteiger partial charge in [0.1, 0.15) is 0 Å². The minimum atomic E-state index is -0.107. The van der Waals surface area contributed by atoms with Crippen LogP contribution in [0, 0.1) is 0 Å². The Bertz CT molecular complexity index is 1200. The molecule has 0 aliphatic carbocycles. The molecule has 1 heterocycles. The van der Waals surface area contributed by atoms with Crippen molar-refractivity contribution in [1.29, 1.82) is 0 Å². The Morgan fingerprint density at radius 1 is 1.00 bits per heavy atom. The van der Waals surface area contributed by atoms with Crippen LogP contribution in [0.3, 0.4) is 0 Å². The number of rotatable bonds is 3. The molecule has 3 aromatic carbocycles. The van der Waals surface area contributed by atoms with E-state index in [0.717, 1.165) is 32.1 Å². The van der Waals surface area contributed by atoms with Crippen molar-refractivity contribution in [3.05, 3.63) is 111 Å². The summed E-state index contributed by atoms with van der Waals surface area (Å²) >= 11 is 3.59. The first-order chi connectivity index (χ1) is 13.1. The summed E-state index contributed by atoms with van der Waals surface area (Å²) in [7, 11) is 1.68. The normalized spacial score (nSPS) is 11.7. The summed E-state index contributed by atoms with van der Waals surface area (Å²) in [6, 6.07) is 24.2. The first-order valence-corrected chi connectivity index (χ1v) is 9.41. The van der Waals surface area contributed by atoms with Crippen LogP contribution in [0.2, 0.25) is 0 Å². The van der Waals surface area contributed by atoms with Crippen LogP contribution in [0.15, 0.2) is 88.3 Å². The maximum absolute atomic E-state index is 12.9. The molecule has 0 saturated heterocycles. The number of aromatic nitrogens is 2. The van der Waals surface area contributed by atoms with Crippen molar-refractivity contribution < 1.29 is 0 Å². The zero-order chi connectivity index (χ0) is 18.8. The molecule has 4 heteroatoms. The molecular weight excluding hydrogens is 400 g/mol. The largest absolute Gasteiger partial charge is 0.274 e. The van der Waals surface area contributed by atoms with E-state index in [1.807, 2.05) is 48.5 Å². The Morgan fingerprint density at radius 3 is 2.37 bits per heavy atom. The third kappa shape index (κ3) is 3.49. The Labute approximate surface area is 165 Å². The summed E-state index contributed by atoms with van der Waals surface area (Å²) < 4.78 is 2.29. The van der Waals surface area contributed by atoms with Crippen LogP contribution in [0.4, 0.5) is 0 Å². The lowest BCUT2D eigenvalue weighted by atomic mass is 9.92. The van der Waals surface area contributed by atoms with Gasteiger partial charge in [-0.2, -0.15) is 5.10 Å². The van der Waals surface area contributed by atoms with Gasteiger partial charge in [-0.1, -0.05) is 76.6 Å². The maximum atomic E-state index is 12.9. The molecule has 0 N–H and O–H groups in total. The molecule has 3 nitrogen and oxygen atoms in total. The summed E-state index contributed by atoms with van der Waals surface area (Å²) in [4.78, 5) is 12.9. The van der Waals surface area contributed by atoms with Crippen LogP contribution in [0.1, 0.15) is 16.7 Å². The SMILES string of the molecule is Cn1ncc2cc(Br)cc(/C(=C/c3ccccc3)c3ccccc3)c2c1=O. The third-order valence-corrected chi connectivity index (χ3v) is 4.95. The van der Waals surface area contributed by atoms with Crippen molar-refractivity contribution >= 4 is 38.4 Å². The van der Waals surface area contributed by atoms with Crippen LogP contribution in [-0.4, -0.2) is 9.78 Å². The topological polar surface area (TPSA) is 34.9 Å². The van der Waals surface area contributed by atoms with Crippen molar-refractivity contribution in [1.82, 2.24) is 9.78 Å². The molecule has 0 aliphatic rings. The highest BCUT2D eigenvalue weighted by Crippen LogP contribution is 2.32. The molecule has 0 radical (unpaired) electrons. The molecule has 0 amide bonds. The van der Waals surface area contributed by atoms with E-state index in [1.54, 1.807) is 13.2 Å². The van der Waals surface area contributed by atoms with Gasteiger partial charge in [-0.05, 0) is 40.5 Å². The zero-order valence-electron chi connectivity index (χ0n) is 14.8. The van der Waals surface area contributed by atoms with Crippen molar-refractivity contribution in [2.45, 2.75) is 0 Å². The Morgan fingerprint density at radius 2 is 1.67 bits per heavy atom. The second-order valence-corrected chi connectivity index (χ2v) is 7.24. The van der Waals surface area contributed by atoms with E-state index >= 15 is 0 Å². The molecule has 0 spiro atoms. The summed E-state index contributed by atoms with van der Waals surface area (Å²) in [6.07, 6.45) is 3.85. The van der Waals surface area contributed by atoms with Crippen LogP contribution < -0.4 is 5.56 Å². The lowest BCUT2D eigenvalue weighted by Crippen LogP contribution is -2.20. The number of fused-ring (bicyclic) bond motifs is 1. The Kier molecular flexibility index (Phi) is 4.73. The number of hydrogen-bond donors (Lipinski definition) is 0. The quantitative estimate of drug-likeness (QED) is 0.425. The summed E-state index contributed by atoms with van der Waals surface area (Å²) in [5.74, 6) is 0. The molecule has 1 aromatic heterocycles. The second kappa shape index (κ2) is 7.33. The van der Waals surface area contributed by atoms with Gasteiger partial charge in [0, 0.05) is 16.9 Å². The van der Waals surface area contributed by atoms with E-state index in [-0.39, 0.29) is 5.56 Å². The van der Waals surface area contributed by atoms with E-state index < -0.39 is 0 Å². The van der Waals surface area contributed by atoms with E-state index in [4.69, 9.17) is 0 Å². The molecule has 4 rings (SSSR count). The minimum absolute atomic E-state index is 0.107. The lowest BCUT2D eigenvalue weighted by Gasteiger charge is -2.13. The van der Waals surface area contributed by atoms with E-state index in [0.29, 0.717) is 5.39 Å². The molecule has 27 heavy (non-hydrogen) atoms. The van der Waals surface area contributed by atoms with Crippen molar-refractivity contribution in [2.75, 3.05) is 0 Å². The Balaban J connectivity index is 2.09. The molecule has 0 aliphatic heterocycles. The number of nitrogens with zero attached hydrogens (tertiary/aromatic N) is 2. The predicted molar refractivity (Wildman–Crippen MR) is 115 cm³/mol. The van der Waals surface area contributed by atoms with E-state index in [2.05, 4.69) is 51.4 Å². The monoisotopic (exact) mass is 416 g/mol. The smallest absolute Gasteiger partial charge is 0.267 e. The minimum Gasteiger partial charge on any atom is -0.267 e. The highest BCUT2D eigenvalue weighted by Gasteiger charge is 2.14. The van der Waals surface area contributed by atoms with Crippen molar-refractivity contribution in [3.8, 4) is 0 Å². The number of aryl methyl sites for hydroxylation is 1. The second-order valence-electron chi connectivity index (χ2n) is 6.33. The van der Waals surface area contributed by atoms with Gasteiger partial charge in [0.25, 0.3) is 5.56 Å². The molecular formula is C23H17BrN2O. The molecule has 4 aromatic rings. The van der Waals surface area contributed by atoms with Gasteiger partial charge in [0.2, 0.25) is 0 Å². The molecule has 0 fully saturated rings. The summed E-state index contributed by atoms with van der Waals surface area (Å²) in [5.41, 5.74) is 3.91. The van der Waals surface area contributed by atoms with Crippen LogP contribution >= 0.6 is 15.9 Å². The van der Waals surface area contributed by atoms with Gasteiger partial charge in [-0.25, -0.2) is 4.68 Å². The Hall–Kier alpha value is -2.98. The predicted octanol–water partition coefficient (Wildman–Crippen LogP) is 5.28.